The van der Waals surface area contributed by atoms with Gasteiger partial charge >= 0.3 is 31.6 Å². The van der Waals surface area contributed by atoms with Crippen LogP contribution in [0.3, 0.4) is 0 Å². The Morgan fingerprint density at radius 2 is 3.50 bits per heavy atom. The summed E-state index contributed by atoms with van der Waals surface area (Å²) in [6, 6.07) is 0. The van der Waals surface area contributed by atoms with E-state index >= 15 is 0 Å². The minimum atomic E-state index is -4.85. The van der Waals surface area contributed by atoms with Crippen LogP contribution in [0.4, 0.5) is 4.20 Å². The summed E-state index contributed by atoms with van der Waals surface area (Å²) in [5.41, 5.74) is 0. The van der Waals surface area contributed by atoms with Gasteiger partial charge in [0.1, 0.15) is 0 Å². The molecule has 0 radical (unpaired) electrons. The SMILES string of the molecule is [2H]P([3H])(C)(F)B([3H])[3H]. The van der Waals surface area contributed by atoms with E-state index in [1.54, 1.807) is 0 Å². The molecule has 0 aromatic rings. The van der Waals surface area contributed by atoms with Crippen molar-refractivity contribution in [3.8, 4) is 0 Å². The van der Waals surface area contributed by atoms with Crippen LogP contribution >= 0.6 is 8.00 Å². The first-order valence-corrected chi connectivity index (χ1v) is 2.62. The predicted molar refractivity (Wildman–Crippen MR) is 25.3 cm³/mol. The Labute approximate surface area is 32.9 Å². The zero-order valence-electron chi connectivity index (χ0n) is 6.40. The zero-order valence-corrected chi connectivity index (χ0v) is 3.30. The molecular weight excluding hydrogens is 72.8 g/mol. The molecule has 4 heavy (non-hydrogen) atoms. The predicted octanol–water partition coefficient (Wildman–Crippen LogP) is -0.00470. The Hall–Kier alpha value is 0.425. The van der Waals surface area contributed by atoms with Gasteiger partial charge in [-0.2, -0.15) is 0 Å². The molecule has 0 rings (SSSR count). The van der Waals surface area contributed by atoms with Crippen LogP contribution in [0.25, 0.3) is 0 Å². The van der Waals surface area contributed by atoms with Crippen molar-refractivity contribution in [3.63, 3.8) is 0 Å². The van der Waals surface area contributed by atoms with E-state index in [2.05, 4.69) is 0 Å². The second-order valence-electron chi connectivity index (χ2n) is 0.525. The van der Waals surface area contributed by atoms with Gasteiger partial charge in [0, 0.05) is 0 Å². The average molecular weight is 86.9 g/mol. The molecule has 26 valence electrons. The molecule has 0 atom stereocenters. The van der Waals surface area contributed by atoms with Gasteiger partial charge in [0.25, 0.3) is 0 Å². The maximum atomic E-state index is 12.3. The van der Waals surface area contributed by atoms with Crippen LogP contribution < -0.4 is 0 Å². The molecule has 0 bridgehead atoms. The molecule has 0 heterocycles. The van der Waals surface area contributed by atoms with Crippen LogP contribution in [-0.4, -0.2) is 19.4 Å². The van der Waals surface area contributed by atoms with Crippen molar-refractivity contribution in [2.75, 3.05) is 6.66 Å². The normalized spacial score (nSPS) is 35.0. The molecule has 0 fully saturated rings. The van der Waals surface area contributed by atoms with Gasteiger partial charge in [-0.3, -0.25) is 0 Å². The van der Waals surface area contributed by atoms with Gasteiger partial charge in [0.2, 0.25) is 0 Å². The Balaban J connectivity index is 4.14. The summed E-state index contributed by atoms with van der Waals surface area (Å²) in [5, 5.41) is 0. The summed E-state index contributed by atoms with van der Waals surface area (Å²) in [4.78, 5) is 0. The molecular formula is CH7BFP. The molecule has 0 aliphatic carbocycles. The fraction of sp³-hybridized carbons (Fsp3) is 1.00. The number of hydrogen-bond donors (Lipinski definition) is 0. The van der Waals surface area contributed by atoms with Gasteiger partial charge in [0.05, 0.1) is 0 Å². The van der Waals surface area contributed by atoms with Crippen molar-refractivity contribution in [2.24, 2.45) is 0 Å². The summed E-state index contributed by atoms with van der Waals surface area (Å²) < 4.78 is 38.1. The number of halogens is 1. The molecule has 3 heteroatoms. The summed E-state index contributed by atoms with van der Waals surface area (Å²) in [5.74, 6) is 0. The summed E-state index contributed by atoms with van der Waals surface area (Å²) in [7, 11) is -6.81. The van der Waals surface area contributed by atoms with Crippen molar-refractivity contribution in [1.29, 1.82) is 5.23 Å². The summed E-state index contributed by atoms with van der Waals surface area (Å²) in [6.45, 7) is 0.705. The van der Waals surface area contributed by atoms with E-state index in [1.165, 1.54) is 0 Å². The first kappa shape index (κ1) is 0.942. The Morgan fingerprint density at radius 3 is 3.50 bits per heavy atom. The van der Waals surface area contributed by atoms with Crippen molar-refractivity contribution in [2.45, 2.75) is 0 Å². The molecule has 0 saturated carbocycles. The zero-order chi connectivity index (χ0) is 7.02. The van der Waals surface area contributed by atoms with Gasteiger partial charge < -0.3 is 0 Å². The third kappa shape index (κ3) is 27.3. The molecule has 0 unspecified atom stereocenters. The van der Waals surface area contributed by atoms with Gasteiger partial charge in [-0.15, -0.1) is 0 Å². The minimum absolute atomic E-state index is 0.705. The molecule has 0 aliphatic heterocycles. The topological polar surface area (TPSA) is 0 Å². The van der Waals surface area contributed by atoms with Gasteiger partial charge in [-0.1, -0.05) is 0 Å². The number of rotatable bonds is 1. The standard InChI is InChI=1S/CH7BFP/c1-4(2)3/h2,4H2,1H3/i2T2,4TD. The van der Waals surface area contributed by atoms with Crippen LogP contribution in [0.1, 0.15) is 0 Å². The van der Waals surface area contributed by atoms with E-state index in [9.17, 15) is 4.20 Å². The molecule has 0 saturated heterocycles. The summed E-state index contributed by atoms with van der Waals surface area (Å²) >= 11 is 0. The molecule has 0 aliphatic rings. The van der Waals surface area contributed by atoms with Crippen molar-refractivity contribution < 1.29 is 4.20 Å². The fourth-order valence-corrected chi connectivity index (χ4v) is 0. The third-order valence-corrected chi connectivity index (χ3v) is 0. The fourth-order valence-electron chi connectivity index (χ4n) is 0. The third-order valence-electron chi connectivity index (χ3n) is 0. The van der Waals surface area contributed by atoms with E-state index in [-0.39, 0.29) is 0 Å². The second-order valence-corrected chi connectivity index (χ2v) is 1.57. The maximum absolute atomic E-state index is 12.3. The van der Waals surface area contributed by atoms with Crippen LogP contribution in [0.5, 0.6) is 0 Å². The first-order chi connectivity index (χ1) is 3.20. The molecule has 0 aromatic heterocycles. The van der Waals surface area contributed by atoms with E-state index in [0.717, 1.165) is 0 Å². The Morgan fingerprint density at radius 1 is 3.25 bits per heavy atom. The van der Waals surface area contributed by atoms with E-state index < -0.39 is 15.5 Å². The van der Waals surface area contributed by atoms with Crippen molar-refractivity contribution in [3.05, 3.63) is 0 Å². The first-order valence-electron chi connectivity index (χ1n) is 2.92. The van der Waals surface area contributed by atoms with E-state index in [0.29, 0.717) is 6.66 Å². The average Bonchev–Trinajstić information content (AvgIpc) is 1.27. The van der Waals surface area contributed by atoms with Crippen LogP contribution in [0.2, 0.25) is 0 Å². The monoisotopic (exact) mass is 87.1 g/mol. The van der Waals surface area contributed by atoms with Crippen LogP contribution in [0, 0.1) is 0 Å². The molecule has 0 nitrogen and oxygen atoms in total. The van der Waals surface area contributed by atoms with Crippen molar-refractivity contribution >= 4 is 15.5 Å². The van der Waals surface area contributed by atoms with Gasteiger partial charge in [0.15, 0.2) is 0 Å². The Bertz CT molecular complexity index is 86.7. The Kier molecular flexibility index (Phi) is 0.404. The van der Waals surface area contributed by atoms with E-state index in [1.807, 2.05) is 0 Å². The second kappa shape index (κ2) is 1.72. The van der Waals surface area contributed by atoms with Crippen LogP contribution in [0.15, 0.2) is 0 Å². The molecule has 0 spiro atoms. The molecule has 0 aromatic carbocycles. The summed E-state index contributed by atoms with van der Waals surface area (Å²) in [6.07, 6.45) is 0. The van der Waals surface area contributed by atoms with Crippen molar-refractivity contribution in [1.82, 2.24) is 0 Å². The van der Waals surface area contributed by atoms with Crippen LogP contribution in [-0.2, 0) is 0 Å². The van der Waals surface area contributed by atoms with Gasteiger partial charge in [-0.25, -0.2) is 0 Å². The molecule has 0 amide bonds. The molecule has 0 N–H and O–H groups in total. The van der Waals surface area contributed by atoms with E-state index in [4.69, 9.17) is 5.23 Å². The van der Waals surface area contributed by atoms with Gasteiger partial charge in [-0.05, 0) is 0 Å². The quantitative estimate of drug-likeness (QED) is 0.311. The number of hydrogen-bond acceptors (Lipinski definition) is 0.